The third-order valence-electron chi connectivity index (χ3n) is 5.08. The highest BCUT2D eigenvalue weighted by atomic mass is 16.1. The Balaban J connectivity index is 1.62. The van der Waals surface area contributed by atoms with E-state index >= 15 is 0 Å². The zero-order valence-corrected chi connectivity index (χ0v) is 12.9. The summed E-state index contributed by atoms with van der Waals surface area (Å²) in [5.41, 5.74) is 3.04. The van der Waals surface area contributed by atoms with Crippen molar-refractivity contribution in [1.29, 1.82) is 0 Å². The van der Waals surface area contributed by atoms with Crippen LogP contribution in [0.1, 0.15) is 37.3 Å². The second-order valence-electron chi connectivity index (χ2n) is 6.53. The zero-order valence-electron chi connectivity index (χ0n) is 12.9. The molecule has 0 aromatic heterocycles. The number of carbonyl (C=O) groups is 1. The number of rotatable bonds is 5. The molecule has 3 heteroatoms. The van der Waals surface area contributed by atoms with Crippen molar-refractivity contribution >= 4 is 5.91 Å². The van der Waals surface area contributed by atoms with Gasteiger partial charge in [0, 0.05) is 12.6 Å². The van der Waals surface area contributed by atoms with Crippen LogP contribution in [0.3, 0.4) is 0 Å². The summed E-state index contributed by atoms with van der Waals surface area (Å²) >= 11 is 0. The summed E-state index contributed by atoms with van der Waals surface area (Å²) in [6.07, 6.45) is 5.93. The third kappa shape index (κ3) is 3.29. The van der Waals surface area contributed by atoms with Crippen LogP contribution in [0.25, 0.3) is 0 Å². The molecule has 0 spiro atoms. The molecular weight excluding hydrogens is 260 g/mol. The molecule has 1 aromatic carbocycles. The minimum absolute atomic E-state index is 0.137. The van der Waals surface area contributed by atoms with Crippen molar-refractivity contribution < 1.29 is 4.79 Å². The Labute approximate surface area is 127 Å². The molecule has 1 fully saturated rings. The Kier molecular flexibility index (Phi) is 4.59. The van der Waals surface area contributed by atoms with Gasteiger partial charge in [-0.05, 0) is 55.1 Å². The van der Waals surface area contributed by atoms with Gasteiger partial charge in [0.25, 0.3) is 0 Å². The fraction of sp³-hybridized carbons (Fsp3) is 0.611. The average molecular weight is 286 g/mol. The highest BCUT2D eigenvalue weighted by Gasteiger charge is 2.38. The third-order valence-corrected chi connectivity index (χ3v) is 5.08. The number of hydrogen-bond acceptors (Lipinski definition) is 2. The molecule has 0 heterocycles. The summed E-state index contributed by atoms with van der Waals surface area (Å²) in [7, 11) is 0. The van der Waals surface area contributed by atoms with E-state index in [9.17, 15) is 4.79 Å². The molecule has 0 aliphatic heterocycles. The summed E-state index contributed by atoms with van der Waals surface area (Å²) in [4.78, 5) is 11.8. The lowest BCUT2D eigenvalue weighted by Crippen LogP contribution is -2.44. The van der Waals surface area contributed by atoms with Gasteiger partial charge in [-0.25, -0.2) is 0 Å². The highest BCUT2D eigenvalue weighted by molar-refractivity contribution is 5.77. The van der Waals surface area contributed by atoms with Crippen molar-refractivity contribution in [3.8, 4) is 0 Å². The summed E-state index contributed by atoms with van der Waals surface area (Å²) in [6.45, 7) is 3.33. The van der Waals surface area contributed by atoms with Gasteiger partial charge >= 0.3 is 0 Å². The van der Waals surface area contributed by atoms with Crippen LogP contribution in [0.4, 0.5) is 0 Å². The van der Waals surface area contributed by atoms with Crippen LogP contribution in [0, 0.1) is 11.8 Å². The zero-order chi connectivity index (χ0) is 14.7. The van der Waals surface area contributed by atoms with Crippen LogP contribution in [-0.4, -0.2) is 25.0 Å². The van der Waals surface area contributed by atoms with Gasteiger partial charge in [0.05, 0.1) is 6.54 Å². The molecule has 2 aliphatic carbocycles. The van der Waals surface area contributed by atoms with Crippen LogP contribution in [0.5, 0.6) is 0 Å². The van der Waals surface area contributed by atoms with Gasteiger partial charge in [-0.2, -0.15) is 0 Å². The van der Waals surface area contributed by atoms with Crippen molar-refractivity contribution in [2.75, 3.05) is 13.1 Å². The molecule has 1 aromatic rings. The van der Waals surface area contributed by atoms with Gasteiger partial charge in [-0.3, -0.25) is 4.79 Å². The van der Waals surface area contributed by atoms with Crippen molar-refractivity contribution in [3.05, 3.63) is 35.4 Å². The quantitative estimate of drug-likeness (QED) is 0.872. The summed E-state index contributed by atoms with van der Waals surface area (Å²) in [5.74, 6) is 1.52. The second-order valence-corrected chi connectivity index (χ2v) is 6.53. The fourth-order valence-electron chi connectivity index (χ4n) is 4.02. The van der Waals surface area contributed by atoms with Gasteiger partial charge in [0.2, 0.25) is 5.91 Å². The first-order valence-electron chi connectivity index (χ1n) is 8.34. The van der Waals surface area contributed by atoms with E-state index in [1.54, 1.807) is 0 Å². The average Bonchev–Trinajstić information content (AvgIpc) is 2.77. The Hall–Kier alpha value is -1.35. The standard InChI is InChI=1S/C18H26N2O/c1-2-9-19-17(21)12-20-18-15-7-8-16(18)11-14-6-4-3-5-13(14)10-15/h3-6,15-16,18,20H,2,7-12H2,1H3,(H,19,21). The summed E-state index contributed by atoms with van der Waals surface area (Å²) < 4.78 is 0. The van der Waals surface area contributed by atoms with Crippen molar-refractivity contribution in [1.82, 2.24) is 10.6 Å². The highest BCUT2D eigenvalue weighted by Crippen LogP contribution is 2.39. The van der Waals surface area contributed by atoms with Crippen LogP contribution in [0.2, 0.25) is 0 Å². The molecule has 2 aliphatic rings. The summed E-state index contributed by atoms with van der Waals surface area (Å²) in [6, 6.07) is 9.36. The molecule has 2 bridgehead atoms. The van der Waals surface area contributed by atoms with E-state index in [0.29, 0.717) is 24.4 Å². The normalized spacial score (nSPS) is 27.0. The maximum atomic E-state index is 11.8. The maximum absolute atomic E-state index is 11.8. The molecule has 2 unspecified atom stereocenters. The lowest BCUT2D eigenvalue weighted by atomic mass is 9.94. The number of carbonyl (C=O) groups excluding carboxylic acids is 1. The lowest BCUT2D eigenvalue weighted by molar-refractivity contribution is -0.120. The smallest absolute Gasteiger partial charge is 0.233 e. The first-order chi connectivity index (χ1) is 10.3. The SMILES string of the molecule is CCCNC(=O)CNC1C2CCC1Cc1ccccc1C2. The number of fused-ring (bicyclic) bond motifs is 3. The Morgan fingerprint density at radius 2 is 1.76 bits per heavy atom. The lowest BCUT2D eigenvalue weighted by Gasteiger charge is -2.23. The Morgan fingerprint density at radius 1 is 1.14 bits per heavy atom. The van der Waals surface area contributed by atoms with E-state index in [4.69, 9.17) is 0 Å². The fourth-order valence-corrected chi connectivity index (χ4v) is 4.02. The molecule has 0 saturated heterocycles. The number of benzene rings is 1. The maximum Gasteiger partial charge on any atom is 0.233 e. The minimum Gasteiger partial charge on any atom is -0.355 e. The van der Waals surface area contributed by atoms with Crippen LogP contribution in [0.15, 0.2) is 24.3 Å². The summed E-state index contributed by atoms with van der Waals surface area (Å²) in [5, 5.41) is 6.51. The minimum atomic E-state index is 0.137. The molecule has 1 amide bonds. The molecule has 3 nitrogen and oxygen atoms in total. The van der Waals surface area contributed by atoms with Crippen LogP contribution >= 0.6 is 0 Å². The first kappa shape index (κ1) is 14.6. The predicted molar refractivity (Wildman–Crippen MR) is 85.2 cm³/mol. The largest absolute Gasteiger partial charge is 0.355 e. The van der Waals surface area contributed by atoms with Crippen molar-refractivity contribution in [2.24, 2.45) is 11.8 Å². The Morgan fingerprint density at radius 3 is 2.33 bits per heavy atom. The first-order valence-corrected chi connectivity index (χ1v) is 8.34. The number of amides is 1. The van der Waals surface area contributed by atoms with Gasteiger partial charge in [0.1, 0.15) is 0 Å². The second kappa shape index (κ2) is 6.61. The van der Waals surface area contributed by atoms with Gasteiger partial charge < -0.3 is 10.6 Å². The number of nitrogens with one attached hydrogen (secondary N) is 2. The van der Waals surface area contributed by atoms with Crippen molar-refractivity contribution in [2.45, 2.75) is 45.1 Å². The molecule has 1 saturated carbocycles. The molecule has 3 rings (SSSR count). The van der Waals surface area contributed by atoms with E-state index in [-0.39, 0.29) is 5.91 Å². The molecular formula is C18H26N2O. The monoisotopic (exact) mass is 286 g/mol. The van der Waals surface area contributed by atoms with Crippen LogP contribution in [-0.2, 0) is 17.6 Å². The van der Waals surface area contributed by atoms with E-state index in [0.717, 1.165) is 13.0 Å². The van der Waals surface area contributed by atoms with E-state index in [2.05, 4.69) is 41.8 Å². The topological polar surface area (TPSA) is 41.1 Å². The van der Waals surface area contributed by atoms with E-state index in [1.165, 1.54) is 36.8 Å². The molecule has 2 N–H and O–H groups in total. The van der Waals surface area contributed by atoms with E-state index < -0.39 is 0 Å². The molecule has 21 heavy (non-hydrogen) atoms. The van der Waals surface area contributed by atoms with Crippen LogP contribution < -0.4 is 10.6 Å². The number of hydrogen-bond donors (Lipinski definition) is 2. The predicted octanol–water partition coefficient (Wildman–Crippen LogP) is 2.30. The molecule has 0 radical (unpaired) electrons. The Bertz CT molecular complexity index is 467. The molecule has 114 valence electrons. The van der Waals surface area contributed by atoms with E-state index in [1.807, 2.05) is 0 Å². The van der Waals surface area contributed by atoms with Crippen molar-refractivity contribution in [3.63, 3.8) is 0 Å². The van der Waals surface area contributed by atoms with Gasteiger partial charge in [0.15, 0.2) is 0 Å². The van der Waals surface area contributed by atoms with Gasteiger partial charge in [-0.15, -0.1) is 0 Å². The molecule has 2 atom stereocenters. The van der Waals surface area contributed by atoms with Gasteiger partial charge in [-0.1, -0.05) is 31.2 Å².